The molecule has 1 aromatic heterocycles. The molecule has 0 unspecified atom stereocenters. The molecule has 4 nitrogen and oxygen atoms in total. The second kappa shape index (κ2) is 7.44. The molecule has 24 heavy (non-hydrogen) atoms. The van der Waals surface area contributed by atoms with E-state index in [0.29, 0.717) is 22.5 Å². The zero-order valence-corrected chi connectivity index (χ0v) is 13.7. The number of carbonyl (C=O) groups excluding carboxylic acids is 2. The van der Waals surface area contributed by atoms with Crippen molar-refractivity contribution in [3.63, 3.8) is 0 Å². The number of carbonyl (C=O) groups is 2. The number of ketones is 2. The molecule has 1 aromatic rings. The standard InChI is InChI=1S/C20H18N2O2/c1-5-8-16(23)18-13(3)22-14(4)19(17(24)9-6-2)20(18)15-10-7-11-21-12-15/h1-2,7,10-12,20,22H,8-9H2,3-4H3. The van der Waals surface area contributed by atoms with Crippen molar-refractivity contribution >= 4 is 11.6 Å². The molecule has 2 heterocycles. The van der Waals surface area contributed by atoms with Gasteiger partial charge in [0.05, 0.1) is 12.8 Å². The zero-order chi connectivity index (χ0) is 17.7. The number of Topliss-reactive ketones (excluding diaryl/α,β-unsaturated/α-hetero) is 2. The number of aromatic nitrogens is 1. The van der Waals surface area contributed by atoms with Gasteiger partial charge in [-0.15, -0.1) is 12.8 Å². The summed E-state index contributed by atoms with van der Waals surface area (Å²) < 4.78 is 0. The van der Waals surface area contributed by atoms with Gasteiger partial charge in [-0.25, -0.2) is 0 Å². The van der Waals surface area contributed by atoms with Crippen LogP contribution < -0.4 is 5.32 Å². The number of pyridine rings is 1. The average Bonchev–Trinajstić information content (AvgIpc) is 2.55. The van der Waals surface area contributed by atoms with E-state index in [2.05, 4.69) is 22.1 Å². The van der Waals surface area contributed by atoms with Gasteiger partial charge in [-0.05, 0) is 25.5 Å². The molecule has 0 saturated carbocycles. The lowest BCUT2D eigenvalue weighted by Gasteiger charge is -2.30. The summed E-state index contributed by atoms with van der Waals surface area (Å²) >= 11 is 0. The molecule has 0 amide bonds. The highest BCUT2D eigenvalue weighted by molar-refractivity contribution is 6.06. The first kappa shape index (κ1) is 17.2. The van der Waals surface area contributed by atoms with E-state index >= 15 is 0 Å². The summed E-state index contributed by atoms with van der Waals surface area (Å²) in [7, 11) is 0. The third-order valence-electron chi connectivity index (χ3n) is 3.90. The maximum absolute atomic E-state index is 12.6. The Hall–Kier alpha value is -3.11. The van der Waals surface area contributed by atoms with Crippen molar-refractivity contribution in [2.75, 3.05) is 0 Å². The number of allylic oxidation sites excluding steroid dienone is 4. The molecule has 120 valence electrons. The summed E-state index contributed by atoms with van der Waals surface area (Å²) in [6, 6.07) is 3.62. The van der Waals surface area contributed by atoms with Crippen LogP contribution >= 0.6 is 0 Å². The van der Waals surface area contributed by atoms with Crippen LogP contribution in [0.3, 0.4) is 0 Å². The predicted molar refractivity (Wildman–Crippen MR) is 92.4 cm³/mol. The van der Waals surface area contributed by atoms with Gasteiger partial charge >= 0.3 is 0 Å². The van der Waals surface area contributed by atoms with Crippen molar-refractivity contribution in [1.82, 2.24) is 10.3 Å². The third kappa shape index (κ3) is 3.29. The zero-order valence-electron chi connectivity index (χ0n) is 13.7. The van der Waals surface area contributed by atoms with Crippen molar-refractivity contribution in [3.05, 3.63) is 52.6 Å². The first-order chi connectivity index (χ1) is 11.5. The highest BCUT2D eigenvalue weighted by atomic mass is 16.1. The van der Waals surface area contributed by atoms with Crippen LogP contribution in [0.5, 0.6) is 0 Å². The minimum absolute atomic E-state index is 0.0270. The van der Waals surface area contributed by atoms with E-state index in [-0.39, 0.29) is 24.4 Å². The molecule has 4 heteroatoms. The van der Waals surface area contributed by atoms with Gasteiger partial charge in [0.15, 0.2) is 11.6 Å². The molecule has 0 atom stereocenters. The van der Waals surface area contributed by atoms with Crippen LogP contribution in [0.4, 0.5) is 0 Å². The smallest absolute Gasteiger partial charge is 0.173 e. The molecule has 1 aliphatic heterocycles. The lowest BCUT2D eigenvalue weighted by Crippen LogP contribution is -2.31. The third-order valence-corrected chi connectivity index (χ3v) is 3.90. The second-order valence-corrected chi connectivity index (χ2v) is 5.53. The van der Waals surface area contributed by atoms with E-state index in [0.717, 1.165) is 5.56 Å². The predicted octanol–water partition coefficient (Wildman–Crippen LogP) is 2.50. The summed E-state index contributed by atoms with van der Waals surface area (Å²) in [5, 5.41) is 3.12. The molecule has 1 aliphatic rings. The Balaban J connectivity index is 2.65. The fourth-order valence-electron chi connectivity index (χ4n) is 2.99. The minimum Gasteiger partial charge on any atom is -0.362 e. The lowest BCUT2D eigenvalue weighted by atomic mass is 9.77. The van der Waals surface area contributed by atoms with Crippen LogP contribution in [-0.4, -0.2) is 16.6 Å². The van der Waals surface area contributed by atoms with Crippen molar-refractivity contribution in [3.8, 4) is 24.7 Å². The van der Waals surface area contributed by atoms with Crippen LogP contribution in [0, 0.1) is 24.7 Å². The number of hydrogen-bond donors (Lipinski definition) is 1. The van der Waals surface area contributed by atoms with Crippen molar-refractivity contribution in [2.45, 2.75) is 32.6 Å². The second-order valence-electron chi connectivity index (χ2n) is 5.53. The Kier molecular flexibility index (Phi) is 5.35. The van der Waals surface area contributed by atoms with E-state index in [9.17, 15) is 9.59 Å². The SMILES string of the molecule is C#CCC(=O)C1=C(C)NC(C)=C(C(=O)CC#C)C1c1cccnc1. The molecule has 0 aromatic carbocycles. The Morgan fingerprint density at radius 3 is 2.08 bits per heavy atom. The fourth-order valence-corrected chi connectivity index (χ4v) is 2.99. The Morgan fingerprint density at radius 2 is 1.67 bits per heavy atom. The monoisotopic (exact) mass is 318 g/mol. The van der Waals surface area contributed by atoms with Crippen LogP contribution in [0.1, 0.15) is 38.2 Å². The summed E-state index contributed by atoms with van der Waals surface area (Å²) in [5.74, 6) is 3.87. The van der Waals surface area contributed by atoms with Crippen molar-refractivity contribution in [2.24, 2.45) is 0 Å². The maximum atomic E-state index is 12.6. The fraction of sp³-hybridized carbons (Fsp3) is 0.250. The summed E-state index contributed by atoms with van der Waals surface area (Å²) in [6.45, 7) is 3.61. The van der Waals surface area contributed by atoms with Crippen LogP contribution in [0.15, 0.2) is 47.1 Å². The molecule has 0 bridgehead atoms. The van der Waals surface area contributed by atoms with E-state index in [4.69, 9.17) is 12.8 Å². The highest BCUT2D eigenvalue weighted by Gasteiger charge is 2.35. The van der Waals surface area contributed by atoms with E-state index in [1.54, 1.807) is 32.3 Å². The number of dihydropyridines is 1. The Morgan fingerprint density at radius 1 is 1.12 bits per heavy atom. The first-order valence-corrected chi connectivity index (χ1v) is 7.53. The van der Waals surface area contributed by atoms with Crippen LogP contribution in [0.2, 0.25) is 0 Å². The lowest BCUT2D eigenvalue weighted by molar-refractivity contribution is -0.115. The molecule has 0 saturated heterocycles. The first-order valence-electron chi connectivity index (χ1n) is 7.53. The maximum Gasteiger partial charge on any atom is 0.173 e. The number of hydrogen-bond acceptors (Lipinski definition) is 4. The van der Waals surface area contributed by atoms with Crippen LogP contribution in [-0.2, 0) is 9.59 Å². The number of rotatable bonds is 5. The number of nitrogens with one attached hydrogen (secondary N) is 1. The van der Waals surface area contributed by atoms with E-state index in [1.165, 1.54) is 0 Å². The summed E-state index contributed by atoms with van der Waals surface area (Å²) in [6.07, 6.45) is 13.9. The summed E-state index contributed by atoms with van der Waals surface area (Å²) in [4.78, 5) is 29.3. The van der Waals surface area contributed by atoms with Crippen molar-refractivity contribution < 1.29 is 9.59 Å². The van der Waals surface area contributed by atoms with Gasteiger partial charge in [0, 0.05) is 40.9 Å². The van der Waals surface area contributed by atoms with Crippen LogP contribution in [0.25, 0.3) is 0 Å². The molecule has 0 aliphatic carbocycles. The molecule has 1 N–H and O–H groups in total. The van der Waals surface area contributed by atoms with E-state index < -0.39 is 5.92 Å². The van der Waals surface area contributed by atoms with Gasteiger partial charge in [-0.2, -0.15) is 0 Å². The van der Waals surface area contributed by atoms with Gasteiger partial charge in [0.1, 0.15) is 0 Å². The largest absolute Gasteiger partial charge is 0.362 e. The van der Waals surface area contributed by atoms with Gasteiger partial charge in [-0.3, -0.25) is 14.6 Å². The van der Waals surface area contributed by atoms with Gasteiger partial charge in [0.25, 0.3) is 0 Å². The molecular weight excluding hydrogens is 300 g/mol. The normalized spacial score (nSPS) is 14.7. The molecular formula is C20H18N2O2. The van der Waals surface area contributed by atoms with Gasteiger partial charge < -0.3 is 5.32 Å². The van der Waals surface area contributed by atoms with Gasteiger partial charge in [0.2, 0.25) is 0 Å². The minimum atomic E-state index is -0.512. The number of nitrogens with zero attached hydrogens (tertiary/aromatic N) is 1. The summed E-state index contributed by atoms with van der Waals surface area (Å²) in [5.41, 5.74) is 3.13. The quantitative estimate of drug-likeness (QED) is 0.848. The van der Waals surface area contributed by atoms with Gasteiger partial charge in [-0.1, -0.05) is 17.9 Å². The highest BCUT2D eigenvalue weighted by Crippen LogP contribution is 2.39. The Bertz CT molecular complexity index is 767. The topological polar surface area (TPSA) is 59.1 Å². The average molecular weight is 318 g/mol. The Labute approximate surface area is 142 Å². The van der Waals surface area contributed by atoms with E-state index in [1.807, 2.05) is 6.07 Å². The molecule has 0 fully saturated rings. The number of terminal acetylenes is 2. The molecule has 2 rings (SSSR count). The molecule has 0 radical (unpaired) electrons. The van der Waals surface area contributed by atoms with Crippen molar-refractivity contribution in [1.29, 1.82) is 0 Å². The molecule has 0 spiro atoms.